The molecule has 1 aromatic heterocycles. The Morgan fingerprint density at radius 1 is 1.37 bits per heavy atom. The lowest BCUT2D eigenvalue weighted by molar-refractivity contribution is -0.139. The third-order valence-corrected chi connectivity index (χ3v) is 3.24. The van der Waals surface area contributed by atoms with Crippen LogP contribution in [0.1, 0.15) is 41.9 Å². The number of methoxy groups -OCH3 is 1. The van der Waals surface area contributed by atoms with E-state index in [0.717, 1.165) is 0 Å². The molecule has 0 aliphatic heterocycles. The van der Waals surface area contributed by atoms with Crippen LogP contribution in [0.25, 0.3) is 0 Å². The Hall–Kier alpha value is -1.91. The number of fused-ring (bicyclic) bond motifs is 1. The molecular weight excluding hydrogens is 248 g/mol. The minimum Gasteiger partial charge on any atom is -0.469 e. The fourth-order valence-electron chi connectivity index (χ4n) is 2.44. The summed E-state index contributed by atoms with van der Waals surface area (Å²) in [5.41, 5.74) is 0.00951. The van der Waals surface area contributed by atoms with Crippen molar-refractivity contribution in [1.82, 2.24) is 0 Å². The maximum Gasteiger partial charge on any atom is 0.336 e. The zero-order valence-electron chi connectivity index (χ0n) is 11.2. The Bertz CT molecular complexity index is 594. The Labute approximate surface area is 110 Å². The molecule has 0 saturated carbocycles. The summed E-state index contributed by atoms with van der Waals surface area (Å²) >= 11 is 0. The van der Waals surface area contributed by atoms with Gasteiger partial charge in [0.25, 0.3) is 0 Å². The minimum absolute atomic E-state index is 0.0867. The third-order valence-electron chi connectivity index (χ3n) is 3.24. The monoisotopic (exact) mass is 264 g/mol. The van der Waals surface area contributed by atoms with E-state index in [1.807, 2.05) is 13.8 Å². The standard InChI is InChI=1S/C14H16O5/c1-14(2)6-9(15)13-8(4-11(16)18-3)5-12(17)19-10(13)7-14/h5H,4,6-7H2,1-3H3. The molecule has 0 amide bonds. The van der Waals surface area contributed by atoms with Crippen LogP contribution in [0.2, 0.25) is 0 Å². The van der Waals surface area contributed by atoms with Crippen molar-refractivity contribution in [3.63, 3.8) is 0 Å². The van der Waals surface area contributed by atoms with E-state index in [4.69, 9.17) is 4.42 Å². The molecule has 1 aliphatic carbocycles. The molecule has 5 heteroatoms. The molecule has 0 aromatic carbocycles. The smallest absolute Gasteiger partial charge is 0.336 e. The molecule has 5 nitrogen and oxygen atoms in total. The Balaban J connectivity index is 2.53. The Morgan fingerprint density at radius 2 is 2.05 bits per heavy atom. The maximum absolute atomic E-state index is 12.2. The van der Waals surface area contributed by atoms with Crippen LogP contribution >= 0.6 is 0 Å². The molecular formula is C14H16O5. The van der Waals surface area contributed by atoms with Gasteiger partial charge >= 0.3 is 11.6 Å². The van der Waals surface area contributed by atoms with Crippen LogP contribution in [0, 0.1) is 5.41 Å². The molecule has 19 heavy (non-hydrogen) atoms. The first-order valence-corrected chi connectivity index (χ1v) is 6.08. The van der Waals surface area contributed by atoms with Crippen molar-refractivity contribution in [1.29, 1.82) is 0 Å². The zero-order valence-corrected chi connectivity index (χ0v) is 11.2. The molecule has 1 heterocycles. The van der Waals surface area contributed by atoms with Crippen molar-refractivity contribution in [3.8, 4) is 0 Å². The molecule has 0 bridgehead atoms. The van der Waals surface area contributed by atoms with Crippen LogP contribution in [0.15, 0.2) is 15.3 Å². The zero-order chi connectivity index (χ0) is 14.2. The first kappa shape index (κ1) is 13.5. The molecule has 0 radical (unpaired) electrons. The van der Waals surface area contributed by atoms with Gasteiger partial charge in [-0.05, 0) is 11.0 Å². The molecule has 0 saturated heterocycles. The van der Waals surface area contributed by atoms with Gasteiger partial charge in [0.1, 0.15) is 5.76 Å². The van der Waals surface area contributed by atoms with Crippen LogP contribution in [-0.2, 0) is 22.4 Å². The Kier molecular flexibility index (Phi) is 3.30. The lowest BCUT2D eigenvalue weighted by Crippen LogP contribution is -2.30. The summed E-state index contributed by atoms with van der Waals surface area (Å²) in [6, 6.07) is 1.20. The molecule has 102 valence electrons. The van der Waals surface area contributed by atoms with Gasteiger partial charge in [-0.15, -0.1) is 0 Å². The van der Waals surface area contributed by atoms with Gasteiger partial charge in [-0.1, -0.05) is 13.8 Å². The van der Waals surface area contributed by atoms with Gasteiger partial charge in [0.2, 0.25) is 0 Å². The largest absolute Gasteiger partial charge is 0.469 e. The molecule has 0 atom stereocenters. The molecule has 1 aliphatic rings. The normalized spacial score (nSPS) is 16.9. The molecule has 2 rings (SSSR count). The number of rotatable bonds is 2. The molecule has 0 fully saturated rings. The summed E-state index contributed by atoms with van der Waals surface area (Å²) in [5, 5.41) is 0. The van der Waals surface area contributed by atoms with E-state index in [9.17, 15) is 14.4 Å². The summed E-state index contributed by atoms with van der Waals surface area (Å²) in [7, 11) is 1.27. The van der Waals surface area contributed by atoms with Crippen LogP contribution in [0.3, 0.4) is 0 Å². The second-order valence-corrected chi connectivity index (χ2v) is 5.58. The number of carbonyl (C=O) groups is 2. The van der Waals surface area contributed by atoms with Gasteiger partial charge in [0.15, 0.2) is 5.78 Å². The molecule has 0 spiro atoms. The average Bonchev–Trinajstić information content (AvgIpc) is 2.25. The highest BCUT2D eigenvalue weighted by molar-refractivity contribution is 6.00. The van der Waals surface area contributed by atoms with E-state index in [1.54, 1.807) is 0 Å². The number of Topliss-reactive ketones (excluding diaryl/α,β-unsaturated/α-hetero) is 1. The summed E-state index contributed by atoms with van der Waals surface area (Å²) in [5.74, 6) is -0.188. The second kappa shape index (κ2) is 4.64. The molecule has 0 unspecified atom stereocenters. The first-order valence-electron chi connectivity index (χ1n) is 6.08. The van der Waals surface area contributed by atoms with Crippen LogP contribution in [0.4, 0.5) is 0 Å². The second-order valence-electron chi connectivity index (χ2n) is 5.58. The Morgan fingerprint density at radius 3 is 2.68 bits per heavy atom. The highest BCUT2D eigenvalue weighted by Gasteiger charge is 2.35. The quantitative estimate of drug-likeness (QED) is 0.757. The topological polar surface area (TPSA) is 73.6 Å². The van der Waals surface area contributed by atoms with E-state index in [0.29, 0.717) is 29.7 Å². The van der Waals surface area contributed by atoms with Crippen molar-refractivity contribution in [2.24, 2.45) is 5.41 Å². The van der Waals surface area contributed by atoms with Crippen molar-refractivity contribution >= 4 is 11.8 Å². The molecule has 1 aromatic rings. The lowest BCUT2D eigenvalue weighted by Gasteiger charge is -2.29. The lowest BCUT2D eigenvalue weighted by atomic mass is 9.75. The van der Waals surface area contributed by atoms with E-state index in [1.165, 1.54) is 13.2 Å². The minimum atomic E-state index is -0.539. The number of ketones is 1. The van der Waals surface area contributed by atoms with Gasteiger partial charge in [-0.3, -0.25) is 9.59 Å². The number of ether oxygens (including phenoxy) is 1. The first-order chi connectivity index (χ1) is 8.82. The number of esters is 1. The van der Waals surface area contributed by atoms with Gasteiger partial charge in [-0.25, -0.2) is 4.79 Å². The maximum atomic E-state index is 12.2. The van der Waals surface area contributed by atoms with Crippen molar-refractivity contribution in [2.45, 2.75) is 33.1 Å². The fraction of sp³-hybridized carbons (Fsp3) is 0.500. The predicted octanol–water partition coefficient (Wildman–Crippen LogP) is 1.51. The van der Waals surface area contributed by atoms with Crippen LogP contribution in [-0.4, -0.2) is 18.9 Å². The van der Waals surface area contributed by atoms with Crippen molar-refractivity contribution in [2.75, 3.05) is 7.11 Å². The third kappa shape index (κ3) is 2.75. The highest BCUT2D eigenvalue weighted by atomic mass is 16.5. The van der Waals surface area contributed by atoms with Crippen LogP contribution < -0.4 is 5.63 Å². The van der Waals surface area contributed by atoms with E-state index >= 15 is 0 Å². The van der Waals surface area contributed by atoms with Gasteiger partial charge in [0, 0.05) is 18.9 Å². The predicted molar refractivity (Wildman–Crippen MR) is 67.1 cm³/mol. The van der Waals surface area contributed by atoms with E-state index < -0.39 is 11.6 Å². The van der Waals surface area contributed by atoms with Crippen molar-refractivity contribution < 1.29 is 18.7 Å². The van der Waals surface area contributed by atoms with E-state index in [2.05, 4.69) is 4.74 Å². The molecule has 0 N–H and O–H groups in total. The van der Waals surface area contributed by atoms with Crippen molar-refractivity contribution in [3.05, 3.63) is 33.4 Å². The summed E-state index contributed by atoms with van der Waals surface area (Å²) < 4.78 is 9.71. The summed E-state index contributed by atoms with van der Waals surface area (Å²) in [4.78, 5) is 35.1. The fourth-order valence-corrected chi connectivity index (χ4v) is 2.44. The highest BCUT2D eigenvalue weighted by Crippen LogP contribution is 2.35. The SMILES string of the molecule is COC(=O)Cc1cc(=O)oc2c1C(=O)CC(C)(C)C2. The van der Waals surface area contributed by atoms with Gasteiger partial charge in [0.05, 0.1) is 19.1 Å². The number of hydrogen-bond donors (Lipinski definition) is 0. The summed E-state index contributed by atoms with van der Waals surface area (Å²) in [6.45, 7) is 3.89. The van der Waals surface area contributed by atoms with E-state index in [-0.39, 0.29) is 17.6 Å². The summed E-state index contributed by atoms with van der Waals surface area (Å²) in [6.07, 6.45) is 0.802. The van der Waals surface area contributed by atoms with Gasteiger partial charge < -0.3 is 9.15 Å². The van der Waals surface area contributed by atoms with Crippen LogP contribution in [0.5, 0.6) is 0 Å². The number of hydrogen-bond acceptors (Lipinski definition) is 5. The van der Waals surface area contributed by atoms with Gasteiger partial charge in [-0.2, -0.15) is 0 Å². The number of carbonyl (C=O) groups excluding carboxylic acids is 2. The average molecular weight is 264 g/mol.